The minimum absolute atomic E-state index is 0.124. The zero-order chi connectivity index (χ0) is 27.1. The number of amides is 1. The molecule has 1 aliphatic heterocycles. The van der Waals surface area contributed by atoms with Crippen molar-refractivity contribution >= 4 is 23.1 Å². The van der Waals surface area contributed by atoms with Crippen molar-refractivity contribution in [2.75, 3.05) is 4.90 Å². The summed E-state index contributed by atoms with van der Waals surface area (Å²) in [5.41, 5.74) is 2.35. The first-order valence-electron chi connectivity index (χ1n) is 11.5. The molecule has 192 valence electrons. The molecule has 4 rings (SSSR count). The average molecular weight is 511 g/mol. The Morgan fingerprint density at radius 2 is 1.59 bits per heavy atom. The number of rotatable bonds is 4. The molecule has 1 unspecified atom stereocenters. The van der Waals surface area contributed by atoms with Gasteiger partial charge in [-0.3, -0.25) is 19.5 Å². The summed E-state index contributed by atoms with van der Waals surface area (Å²) in [6.45, 7) is 7.84. The highest BCUT2D eigenvalue weighted by atomic mass is 19.4. The average Bonchev–Trinajstić information content (AvgIpc) is 3.09. The number of aryl methyl sites for hydroxylation is 1. The summed E-state index contributed by atoms with van der Waals surface area (Å²) >= 11 is 0. The molecule has 3 aromatic rings. The summed E-state index contributed by atoms with van der Waals surface area (Å²) in [6, 6.07) is 12.4. The molecule has 0 bridgehead atoms. The number of aromatic nitrogens is 1. The van der Waals surface area contributed by atoms with Crippen LogP contribution in [-0.4, -0.2) is 28.1 Å². The Morgan fingerprint density at radius 3 is 2.16 bits per heavy atom. The van der Waals surface area contributed by atoms with Gasteiger partial charge in [0.25, 0.3) is 11.7 Å². The number of anilines is 1. The van der Waals surface area contributed by atoms with Crippen LogP contribution in [0.4, 0.5) is 18.9 Å². The lowest BCUT2D eigenvalue weighted by Crippen LogP contribution is -2.29. The summed E-state index contributed by atoms with van der Waals surface area (Å²) in [5, 5.41) is 11.5. The summed E-state index contributed by atoms with van der Waals surface area (Å²) in [5.74, 6) is -2.63. The second kappa shape index (κ2) is 9.38. The molecule has 37 heavy (non-hydrogen) atoms. The van der Waals surface area contributed by atoms with Crippen LogP contribution in [0.1, 0.15) is 49.1 Å². The van der Waals surface area contributed by atoms with Gasteiger partial charge >= 0.3 is 6.36 Å². The van der Waals surface area contributed by atoms with Crippen LogP contribution in [0, 0.1) is 6.92 Å². The van der Waals surface area contributed by atoms with Gasteiger partial charge in [0.05, 0.1) is 11.6 Å². The Morgan fingerprint density at radius 1 is 0.973 bits per heavy atom. The number of pyridine rings is 1. The largest absolute Gasteiger partial charge is 0.573 e. The number of hydrogen-bond donors (Lipinski definition) is 1. The first kappa shape index (κ1) is 25.9. The number of alkyl halides is 3. The van der Waals surface area contributed by atoms with Gasteiger partial charge in [0, 0.05) is 23.6 Å². The molecule has 1 aliphatic rings. The first-order valence-corrected chi connectivity index (χ1v) is 11.5. The monoisotopic (exact) mass is 510 g/mol. The third-order valence-electron chi connectivity index (χ3n) is 6.17. The van der Waals surface area contributed by atoms with Gasteiger partial charge in [0.15, 0.2) is 0 Å². The number of Topliss-reactive ketones (excluding diaryl/α,β-unsaturated/α-hetero) is 1. The lowest BCUT2D eigenvalue weighted by Gasteiger charge is -2.26. The van der Waals surface area contributed by atoms with Crippen molar-refractivity contribution in [2.24, 2.45) is 0 Å². The summed E-state index contributed by atoms with van der Waals surface area (Å²) in [7, 11) is 0. The SMILES string of the molecule is Cc1ccc(C(C)(C)C)cc1/C(O)=C1\C(=O)C(=O)N(c2ccc(OC(F)(F)F)cc2)C1c1ccncc1. The summed E-state index contributed by atoms with van der Waals surface area (Å²) < 4.78 is 41.7. The van der Waals surface area contributed by atoms with Gasteiger partial charge in [0.2, 0.25) is 0 Å². The first-order chi connectivity index (χ1) is 17.3. The minimum atomic E-state index is -4.87. The van der Waals surface area contributed by atoms with Crippen molar-refractivity contribution in [1.29, 1.82) is 0 Å². The molecule has 0 saturated carbocycles. The molecule has 1 atom stereocenters. The Hall–Kier alpha value is -4.14. The number of carbonyl (C=O) groups is 2. The van der Waals surface area contributed by atoms with Crippen molar-refractivity contribution in [3.8, 4) is 5.75 Å². The number of benzene rings is 2. The zero-order valence-corrected chi connectivity index (χ0v) is 20.6. The topological polar surface area (TPSA) is 79.7 Å². The number of aliphatic hydroxyl groups excluding tert-OH is 1. The Labute approximate surface area is 212 Å². The minimum Gasteiger partial charge on any atom is -0.507 e. The van der Waals surface area contributed by atoms with E-state index >= 15 is 0 Å². The maximum absolute atomic E-state index is 13.3. The number of carbonyl (C=O) groups excluding carboxylic acids is 2. The fourth-order valence-corrected chi connectivity index (χ4v) is 4.26. The van der Waals surface area contributed by atoms with Crippen molar-refractivity contribution in [3.63, 3.8) is 0 Å². The van der Waals surface area contributed by atoms with Crippen LogP contribution in [0.2, 0.25) is 0 Å². The maximum atomic E-state index is 13.3. The molecule has 1 N–H and O–H groups in total. The molecular weight excluding hydrogens is 485 g/mol. The van der Waals surface area contributed by atoms with Crippen LogP contribution in [0.5, 0.6) is 5.75 Å². The van der Waals surface area contributed by atoms with E-state index < -0.39 is 29.8 Å². The summed E-state index contributed by atoms with van der Waals surface area (Å²) in [4.78, 5) is 31.7. The molecule has 6 nitrogen and oxygen atoms in total. The lowest BCUT2D eigenvalue weighted by atomic mass is 9.84. The van der Waals surface area contributed by atoms with E-state index in [0.717, 1.165) is 22.6 Å². The van der Waals surface area contributed by atoms with E-state index in [1.165, 1.54) is 24.5 Å². The second-order valence-electron chi connectivity index (χ2n) is 9.77. The van der Waals surface area contributed by atoms with Crippen molar-refractivity contribution in [1.82, 2.24) is 4.98 Å². The third kappa shape index (κ3) is 5.21. The molecule has 1 amide bonds. The van der Waals surface area contributed by atoms with Crippen LogP contribution in [-0.2, 0) is 15.0 Å². The second-order valence-corrected chi connectivity index (χ2v) is 9.77. The Bertz CT molecular complexity index is 1380. The van der Waals surface area contributed by atoms with E-state index in [2.05, 4.69) is 9.72 Å². The van der Waals surface area contributed by atoms with Gasteiger partial charge in [0.1, 0.15) is 11.5 Å². The van der Waals surface area contributed by atoms with Crippen LogP contribution in [0.15, 0.2) is 72.6 Å². The number of halogens is 3. The lowest BCUT2D eigenvalue weighted by molar-refractivity contribution is -0.274. The number of aliphatic hydroxyl groups is 1. The predicted molar refractivity (Wildman–Crippen MR) is 132 cm³/mol. The highest BCUT2D eigenvalue weighted by Gasteiger charge is 2.47. The van der Waals surface area contributed by atoms with Gasteiger partial charge in [-0.2, -0.15) is 0 Å². The predicted octanol–water partition coefficient (Wildman–Crippen LogP) is 6.21. The summed E-state index contributed by atoms with van der Waals surface area (Å²) in [6.07, 6.45) is -1.90. The van der Waals surface area contributed by atoms with Crippen molar-refractivity contribution in [3.05, 3.63) is 94.8 Å². The number of ether oxygens (including phenoxy) is 1. The fourth-order valence-electron chi connectivity index (χ4n) is 4.26. The van der Waals surface area contributed by atoms with E-state index in [4.69, 9.17) is 0 Å². The van der Waals surface area contributed by atoms with Gasteiger partial charge < -0.3 is 9.84 Å². The van der Waals surface area contributed by atoms with E-state index in [-0.39, 0.29) is 22.4 Å². The molecule has 0 aliphatic carbocycles. The van der Waals surface area contributed by atoms with E-state index in [9.17, 15) is 27.9 Å². The van der Waals surface area contributed by atoms with Crippen molar-refractivity contribution in [2.45, 2.75) is 45.5 Å². The Balaban J connectivity index is 1.88. The van der Waals surface area contributed by atoms with Gasteiger partial charge in [-0.05, 0) is 71.5 Å². The smallest absolute Gasteiger partial charge is 0.507 e. The molecule has 0 spiro atoms. The number of hydrogen-bond acceptors (Lipinski definition) is 5. The van der Waals surface area contributed by atoms with E-state index in [0.29, 0.717) is 16.7 Å². The zero-order valence-electron chi connectivity index (χ0n) is 20.6. The fraction of sp³-hybridized carbons (Fsp3) is 0.250. The van der Waals surface area contributed by atoms with Crippen LogP contribution in [0.25, 0.3) is 5.76 Å². The highest BCUT2D eigenvalue weighted by Crippen LogP contribution is 2.43. The van der Waals surface area contributed by atoms with Crippen LogP contribution < -0.4 is 9.64 Å². The van der Waals surface area contributed by atoms with E-state index in [1.54, 1.807) is 25.1 Å². The van der Waals surface area contributed by atoms with E-state index in [1.807, 2.05) is 32.9 Å². The van der Waals surface area contributed by atoms with Gasteiger partial charge in [-0.25, -0.2) is 0 Å². The molecule has 2 heterocycles. The molecular formula is C28H25F3N2O4. The number of nitrogens with zero attached hydrogens (tertiary/aromatic N) is 2. The van der Waals surface area contributed by atoms with Crippen LogP contribution in [0.3, 0.4) is 0 Å². The quantitative estimate of drug-likeness (QED) is 0.256. The molecule has 1 saturated heterocycles. The molecule has 1 fully saturated rings. The normalized spacial score (nSPS) is 17.8. The molecule has 2 aromatic carbocycles. The van der Waals surface area contributed by atoms with Crippen LogP contribution >= 0.6 is 0 Å². The van der Waals surface area contributed by atoms with Gasteiger partial charge in [-0.1, -0.05) is 32.9 Å². The number of ketones is 1. The van der Waals surface area contributed by atoms with Crippen molar-refractivity contribution < 1.29 is 32.6 Å². The maximum Gasteiger partial charge on any atom is 0.573 e. The standard InChI is InChI=1S/C28H25F3N2O4/c1-16-5-6-18(27(2,3)4)15-21(16)24(34)22-23(17-11-13-32-14-12-17)33(26(36)25(22)35)19-7-9-20(10-8-19)37-28(29,30)31/h5-15,23,34H,1-4H3/b24-22+. The molecule has 9 heteroatoms. The highest BCUT2D eigenvalue weighted by molar-refractivity contribution is 6.51. The Kier molecular flexibility index (Phi) is 6.58. The molecule has 1 aromatic heterocycles. The third-order valence-corrected chi connectivity index (χ3v) is 6.17. The molecule has 0 radical (unpaired) electrons. The van der Waals surface area contributed by atoms with Gasteiger partial charge in [-0.15, -0.1) is 13.2 Å².